The SMILES string of the molecule is Cc1c2c(nn1C)C1(CCNCC1)CC2.Cl.Cl. The second-order valence-electron chi connectivity index (χ2n) is 5.07. The summed E-state index contributed by atoms with van der Waals surface area (Å²) in [5, 5.41) is 8.21. The van der Waals surface area contributed by atoms with Crippen LogP contribution in [0, 0.1) is 6.92 Å². The zero-order valence-electron chi connectivity index (χ0n) is 10.5. The molecule has 1 spiro atoms. The number of piperidine rings is 1. The zero-order valence-corrected chi connectivity index (χ0v) is 12.1. The molecule has 0 unspecified atom stereocenters. The minimum absolute atomic E-state index is 0. The molecule has 1 aromatic rings. The molecule has 0 aromatic carbocycles. The lowest BCUT2D eigenvalue weighted by molar-refractivity contribution is 0.296. The third-order valence-electron chi connectivity index (χ3n) is 4.37. The molecule has 0 amide bonds. The molecule has 1 aromatic heterocycles. The van der Waals surface area contributed by atoms with Gasteiger partial charge in [0.2, 0.25) is 0 Å². The van der Waals surface area contributed by atoms with Crippen LogP contribution in [0.3, 0.4) is 0 Å². The number of halogens is 2. The van der Waals surface area contributed by atoms with Crippen molar-refractivity contribution in [1.82, 2.24) is 15.1 Å². The molecule has 1 aliphatic carbocycles. The highest BCUT2D eigenvalue weighted by Crippen LogP contribution is 2.45. The molecule has 0 radical (unpaired) electrons. The van der Waals surface area contributed by atoms with E-state index in [4.69, 9.17) is 5.10 Å². The molecule has 2 aliphatic rings. The van der Waals surface area contributed by atoms with Gasteiger partial charge in [-0.05, 0) is 51.3 Å². The molecule has 98 valence electrons. The summed E-state index contributed by atoms with van der Waals surface area (Å²) in [5.41, 5.74) is 4.76. The highest BCUT2D eigenvalue weighted by atomic mass is 35.5. The van der Waals surface area contributed by atoms with Crippen molar-refractivity contribution >= 4 is 24.8 Å². The minimum atomic E-state index is 0. The summed E-state index contributed by atoms with van der Waals surface area (Å²) in [6.07, 6.45) is 5.12. The van der Waals surface area contributed by atoms with E-state index in [1.807, 2.05) is 0 Å². The average molecular weight is 278 g/mol. The van der Waals surface area contributed by atoms with Gasteiger partial charge in [0.05, 0.1) is 5.69 Å². The predicted octanol–water partition coefficient (Wildman–Crippen LogP) is 2.14. The fourth-order valence-corrected chi connectivity index (χ4v) is 3.25. The lowest BCUT2D eigenvalue weighted by atomic mass is 9.77. The van der Waals surface area contributed by atoms with Crippen molar-refractivity contribution in [3.05, 3.63) is 17.0 Å². The van der Waals surface area contributed by atoms with Crippen LogP contribution in [0.2, 0.25) is 0 Å². The van der Waals surface area contributed by atoms with Gasteiger partial charge in [-0.2, -0.15) is 5.10 Å². The molecule has 0 bridgehead atoms. The number of aryl methyl sites for hydroxylation is 1. The Morgan fingerprint density at radius 1 is 1.18 bits per heavy atom. The number of hydrogen-bond acceptors (Lipinski definition) is 2. The van der Waals surface area contributed by atoms with Crippen LogP contribution in [0.15, 0.2) is 0 Å². The van der Waals surface area contributed by atoms with Crippen LogP contribution >= 0.6 is 24.8 Å². The lowest BCUT2D eigenvalue weighted by Crippen LogP contribution is -2.38. The maximum Gasteiger partial charge on any atom is 0.0721 e. The first kappa shape index (κ1) is 14.8. The Kier molecular flexibility index (Phi) is 4.50. The molecule has 0 atom stereocenters. The Morgan fingerprint density at radius 3 is 2.47 bits per heavy atom. The molecule has 5 heteroatoms. The van der Waals surface area contributed by atoms with Crippen LogP contribution in [0.25, 0.3) is 0 Å². The van der Waals surface area contributed by atoms with E-state index in [2.05, 4.69) is 24.0 Å². The highest BCUT2D eigenvalue weighted by molar-refractivity contribution is 5.85. The third-order valence-corrected chi connectivity index (χ3v) is 4.37. The van der Waals surface area contributed by atoms with Crippen molar-refractivity contribution in [1.29, 1.82) is 0 Å². The average Bonchev–Trinajstić information content (AvgIpc) is 2.72. The maximum atomic E-state index is 4.76. The first-order valence-electron chi connectivity index (χ1n) is 5.97. The Hall–Kier alpha value is -0.250. The second-order valence-corrected chi connectivity index (χ2v) is 5.07. The fourth-order valence-electron chi connectivity index (χ4n) is 3.25. The molecule has 1 N–H and O–H groups in total. The van der Waals surface area contributed by atoms with Crippen molar-refractivity contribution in [2.75, 3.05) is 13.1 Å². The highest BCUT2D eigenvalue weighted by Gasteiger charge is 2.42. The molecular formula is C12H21Cl2N3. The van der Waals surface area contributed by atoms with Crippen molar-refractivity contribution in [2.24, 2.45) is 7.05 Å². The summed E-state index contributed by atoms with van der Waals surface area (Å²) >= 11 is 0. The summed E-state index contributed by atoms with van der Waals surface area (Å²) in [7, 11) is 2.07. The van der Waals surface area contributed by atoms with Crippen molar-refractivity contribution in [2.45, 2.75) is 38.0 Å². The minimum Gasteiger partial charge on any atom is -0.317 e. The topological polar surface area (TPSA) is 29.9 Å². The third kappa shape index (κ3) is 2.09. The van der Waals surface area contributed by atoms with Gasteiger partial charge < -0.3 is 5.32 Å². The van der Waals surface area contributed by atoms with Gasteiger partial charge in [0.25, 0.3) is 0 Å². The van der Waals surface area contributed by atoms with Gasteiger partial charge in [0.1, 0.15) is 0 Å². The molecule has 17 heavy (non-hydrogen) atoms. The quantitative estimate of drug-likeness (QED) is 0.788. The Labute approximate surface area is 115 Å². The number of fused-ring (bicyclic) bond motifs is 2. The fraction of sp³-hybridized carbons (Fsp3) is 0.750. The molecule has 1 saturated heterocycles. The van der Waals surface area contributed by atoms with Gasteiger partial charge in [0, 0.05) is 18.2 Å². The van der Waals surface area contributed by atoms with Gasteiger partial charge in [-0.15, -0.1) is 24.8 Å². The van der Waals surface area contributed by atoms with Crippen molar-refractivity contribution in [3.63, 3.8) is 0 Å². The number of rotatable bonds is 0. The summed E-state index contributed by atoms with van der Waals surface area (Å²) in [4.78, 5) is 0. The van der Waals surface area contributed by atoms with Gasteiger partial charge in [-0.3, -0.25) is 4.68 Å². The molecular weight excluding hydrogens is 257 g/mol. The molecule has 2 heterocycles. The van der Waals surface area contributed by atoms with Crippen molar-refractivity contribution in [3.8, 4) is 0 Å². The first-order chi connectivity index (χ1) is 7.23. The molecule has 3 nitrogen and oxygen atoms in total. The van der Waals surface area contributed by atoms with E-state index in [0.29, 0.717) is 5.41 Å². The first-order valence-corrected chi connectivity index (χ1v) is 5.97. The molecule has 1 fully saturated rings. The van der Waals surface area contributed by atoms with Crippen LogP contribution in [0.4, 0.5) is 0 Å². The van der Waals surface area contributed by atoms with E-state index in [9.17, 15) is 0 Å². The van der Waals surface area contributed by atoms with Gasteiger partial charge in [-0.1, -0.05) is 0 Å². The van der Waals surface area contributed by atoms with E-state index in [0.717, 1.165) is 13.1 Å². The van der Waals surface area contributed by atoms with Crippen LogP contribution in [-0.2, 0) is 18.9 Å². The Morgan fingerprint density at radius 2 is 1.82 bits per heavy atom. The van der Waals surface area contributed by atoms with E-state index in [-0.39, 0.29) is 24.8 Å². The van der Waals surface area contributed by atoms with Gasteiger partial charge in [-0.25, -0.2) is 0 Å². The second kappa shape index (κ2) is 5.17. The van der Waals surface area contributed by atoms with Crippen LogP contribution in [-0.4, -0.2) is 22.9 Å². The monoisotopic (exact) mass is 277 g/mol. The van der Waals surface area contributed by atoms with E-state index >= 15 is 0 Å². The number of nitrogens with one attached hydrogen (secondary N) is 1. The van der Waals surface area contributed by atoms with Gasteiger partial charge in [0.15, 0.2) is 0 Å². The summed E-state index contributed by atoms with van der Waals surface area (Å²) in [6.45, 7) is 4.52. The van der Waals surface area contributed by atoms with E-state index in [1.54, 1.807) is 5.56 Å². The summed E-state index contributed by atoms with van der Waals surface area (Å²) < 4.78 is 2.06. The van der Waals surface area contributed by atoms with E-state index in [1.165, 1.54) is 37.1 Å². The van der Waals surface area contributed by atoms with Crippen molar-refractivity contribution < 1.29 is 0 Å². The Bertz CT molecular complexity index is 395. The molecule has 3 rings (SSSR count). The number of hydrogen-bond donors (Lipinski definition) is 1. The normalized spacial score (nSPS) is 20.6. The van der Waals surface area contributed by atoms with Crippen LogP contribution in [0.5, 0.6) is 0 Å². The van der Waals surface area contributed by atoms with Crippen LogP contribution < -0.4 is 5.32 Å². The number of nitrogens with zero attached hydrogens (tertiary/aromatic N) is 2. The maximum absolute atomic E-state index is 4.76. The summed E-state index contributed by atoms with van der Waals surface area (Å²) in [5.74, 6) is 0. The lowest BCUT2D eigenvalue weighted by Gasteiger charge is -2.33. The smallest absolute Gasteiger partial charge is 0.0721 e. The molecule has 1 aliphatic heterocycles. The number of aromatic nitrogens is 2. The standard InChI is InChI=1S/C12H19N3.2ClH/c1-9-10-3-4-12(5-7-13-8-6-12)11(10)14-15(9)2;;/h13H,3-8H2,1-2H3;2*1H. The summed E-state index contributed by atoms with van der Waals surface area (Å²) in [6, 6.07) is 0. The largest absolute Gasteiger partial charge is 0.317 e. The molecule has 0 saturated carbocycles. The van der Waals surface area contributed by atoms with Crippen LogP contribution in [0.1, 0.15) is 36.2 Å². The predicted molar refractivity (Wildman–Crippen MR) is 74.5 cm³/mol. The van der Waals surface area contributed by atoms with E-state index < -0.39 is 0 Å². The van der Waals surface area contributed by atoms with Gasteiger partial charge >= 0.3 is 0 Å². The Balaban J connectivity index is 0.000000722. The zero-order chi connectivity index (χ0) is 10.5.